The number of nitrogens with two attached hydrogens (primary N) is 1. The fraction of sp³-hybridized carbons (Fsp3) is 0.500. The molecule has 1 rings (SSSR count). The number of hydrogen-bond acceptors (Lipinski definition) is 3. The molecule has 1 unspecified atom stereocenters. The molecule has 1 heterocycles. The summed E-state index contributed by atoms with van der Waals surface area (Å²) in [5.74, 6) is -0.0545. The van der Waals surface area contributed by atoms with Gasteiger partial charge in [-0.3, -0.25) is 9.48 Å². The normalized spacial score (nSPS) is 12.5. The van der Waals surface area contributed by atoms with Crippen molar-refractivity contribution in [2.45, 2.75) is 19.9 Å². The maximum Gasteiger partial charge on any atom is 0.270 e. The van der Waals surface area contributed by atoms with Gasteiger partial charge in [-0.2, -0.15) is 5.10 Å². The Morgan fingerprint density at radius 1 is 1.62 bits per heavy atom. The first-order valence-electron chi connectivity index (χ1n) is 5.01. The number of hydrogen-bond donors (Lipinski definition) is 2. The lowest BCUT2D eigenvalue weighted by molar-refractivity contribution is 0.0930. The zero-order valence-corrected chi connectivity index (χ0v) is 10.4. The molecule has 3 N–H and O–H groups in total. The average Bonchev–Trinajstić information content (AvgIpc) is 2.59. The molecule has 0 spiro atoms. The van der Waals surface area contributed by atoms with Gasteiger partial charge in [-0.1, -0.05) is 26.1 Å². The monoisotopic (exact) mass is 240 g/mol. The van der Waals surface area contributed by atoms with Crippen LogP contribution in [0.2, 0.25) is 0 Å². The van der Waals surface area contributed by atoms with Crippen LogP contribution in [0.15, 0.2) is 12.3 Å². The first kappa shape index (κ1) is 12.6. The summed E-state index contributed by atoms with van der Waals surface area (Å²) in [6, 6.07) is 1.35. The molecule has 0 aliphatic heterocycles. The van der Waals surface area contributed by atoms with Crippen LogP contribution < -0.4 is 11.1 Å². The zero-order chi connectivity index (χ0) is 12.3. The van der Waals surface area contributed by atoms with Gasteiger partial charge in [0, 0.05) is 13.2 Å². The molecule has 0 aliphatic rings. The van der Waals surface area contributed by atoms with E-state index in [4.69, 9.17) is 18.0 Å². The third kappa shape index (κ3) is 2.79. The predicted molar refractivity (Wildman–Crippen MR) is 66.1 cm³/mol. The Morgan fingerprint density at radius 3 is 2.62 bits per heavy atom. The van der Waals surface area contributed by atoms with Gasteiger partial charge < -0.3 is 11.1 Å². The number of amides is 1. The van der Waals surface area contributed by atoms with E-state index in [9.17, 15) is 4.79 Å². The van der Waals surface area contributed by atoms with Crippen molar-refractivity contribution in [1.82, 2.24) is 15.1 Å². The third-order valence-corrected chi connectivity index (χ3v) is 2.57. The maximum atomic E-state index is 11.9. The topological polar surface area (TPSA) is 72.9 Å². The Bertz CT molecular complexity index is 399. The van der Waals surface area contributed by atoms with Crippen molar-refractivity contribution in [3.63, 3.8) is 0 Å². The van der Waals surface area contributed by atoms with Crippen molar-refractivity contribution < 1.29 is 4.79 Å². The van der Waals surface area contributed by atoms with Crippen LogP contribution in [0.4, 0.5) is 0 Å². The van der Waals surface area contributed by atoms with Crippen LogP contribution in [-0.2, 0) is 7.05 Å². The fourth-order valence-electron chi connectivity index (χ4n) is 1.38. The Kier molecular flexibility index (Phi) is 4.00. The van der Waals surface area contributed by atoms with Crippen molar-refractivity contribution in [2.75, 3.05) is 0 Å². The van der Waals surface area contributed by atoms with Gasteiger partial charge in [-0.25, -0.2) is 0 Å². The summed E-state index contributed by atoms with van der Waals surface area (Å²) < 4.78 is 1.51. The highest BCUT2D eigenvalue weighted by molar-refractivity contribution is 7.80. The van der Waals surface area contributed by atoms with E-state index >= 15 is 0 Å². The molecule has 0 aliphatic carbocycles. The van der Waals surface area contributed by atoms with Crippen molar-refractivity contribution in [3.05, 3.63) is 18.0 Å². The SMILES string of the molecule is CC(C)C(NC(=O)c1ccnn1C)C(N)=S. The number of carbonyl (C=O) groups excluding carboxylic acids is 1. The van der Waals surface area contributed by atoms with E-state index in [-0.39, 0.29) is 17.9 Å². The molecule has 1 atom stereocenters. The Morgan fingerprint density at radius 2 is 2.25 bits per heavy atom. The summed E-state index contributed by atoms with van der Waals surface area (Å²) in [6.45, 7) is 3.90. The highest BCUT2D eigenvalue weighted by Gasteiger charge is 2.20. The Labute approximate surface area is 100 Å². The van der Waals surface area contributed by atoms with E-state index in [0.717, 1.165) is 0 Å². The molecule has 0 fully saturated rings. The number of carbonyl (C=O) groups is 1. The van der Waals surface area contributed by atoms with Gasteiger partial charge in [0.05, 0.1) is 11.0 Å². The van der Waals surface area contributed by atoms with Crippen LogP contribution in [-0.4, -0.2) is 26.7 Å². The summed E-state index contributed by atoms with van der Waals surface area (Å²) in [5, 5.41) is 6.72. The number of nitrogens with one attached hydrogen (secondary N) is 1. The molecular formula is C10H16N4OS. The summed E-state index contributed by atoms with van der Waals surface area (Å²) in [4.78, 5) is 12.2. The van der Waals surface area contributed by atoms with Crippen molar-refractivity contribution in [2.24, 2.45) is 18.7 Å². The first-order valence-corrected chi connectivity index (χ1v) is 5.42. The predicted octanol–water partition coefficient (Wildman–Crippen LogP) is 0.461. The minimum absolute atomic E-state index is 0.162. The standard InChI is InChI=1S/C10H16N4OS/c1-6(2)8(9(11)16)13-10(15)7-4-5-12-14(7)3/h4-6,8H,1-3H3,(H2,11,16)(H,13,15). The molecule has 0 radical (unpaired) electrons. The van der Waals surface area contributed by atoms with E-state index in [1.165, 1.54) is 4.68 Å². The van der Waals surface area contributed by atoms with Gasteiger partial charge in [0.2, 0.25) is 0 Å². The van der Waals surface area contributed by atoms with Crippen LogP contribution in [0.1, 0.15) is 24.3 Å². The summed E-state index contributed by atoms with van der Waals surface area (Å²) in [7, 11) is 1.71. The van der Waals surface area contributed by atoms with E-state index in [0.29, 0.717) is 10.7 Å². The quantitative estimate of drug-likeness (QED) is 0.750. The lowest BCUT2D eigenvalue weighted by Gasteiger charge is -2.20. The molecule has 0 bridgehead atoms. The van der Waals surface area contributed by atoms with Gasteiger partial charge in [-0.05, 0) is 12.0 Å². The van der Waals surface area contributed by atoms with Crippen LogP contribution >= 0.6 is 12.2 Å². The van der Waals surface area contributed by atoms with Gasteiger partial charge in [0.15, 0.2) is 0 Å². The Balaban J connectivity index is 2.77. The second-order valence-electron chi connectivity index (χ2n) is 3.94. The molecule has 0 aromatic carbocycles. The van der Waals surface area contributed by atoms with Crippen molar-refractivity contribution in [1.29, 1.82) is 0 Å². The summed E-state index contributed by atoms with van der Waals surface area (Å²) >= 11 is 4.91. The second-order valence-corrected chi connectivity index (χ2v) is 4.41. The molecule has 6 heteroatoms. The molecule has 0 saturated heterocycles. The molecular weight excluding hydrogens is 224 g/mol. The van der Waals surface area contributed by atoms with Gasteiger partial charge in [-0.15, -0.1) is 0 Å². The van der Waals surface area contributed by atoms with E-state index < -0.39 is 0 Å². The van der Waals surface area contributed by atoms with E-state index in [1.807, 2.05) is 13.8 Å². The summed E-state index contributed by atoms with van der Waals surface area (Å²) in [5.41, 5.74) is 6.06. The lowest BCUT2D eigenvalue weighted by atomic mass is 10.0. The fourth-order valence-corrected chi connectivity index (χ4v) is 1.71. The number of aromatic nitrogens is 2. The molecule has 5 nitrogen and oxygen atoms in total. The van der Waals surface area contributed by atoms with Gasteiger partial charge in [0.1, 0.15) is 5.69 Å². The van der Waals surface area contributed by atoms with Crippen LogP contribution in [0.5, 0.6) is 0 Å². The lowest BCUT2D eigenvalue weighted by Crippen LogP contribution is -2.47. The number of aryl methyl sites for hydroxylation is 1. The minimum atomic E-state index is -0.294. The zero-order valence-electron chi connectivity index (χ0n) is 9.60. The largest absolute Gasteiger partial charge is 0.392 e. The molecule has 16 heavy (non-hydrogen) atoms. The average molecular weight is 240 g/mol. The minimum Gasteiger partial charge on any atom is -0.392 e. The summed E-state index contributed by atoms with van der Waals surface area (Å²) in [6.07, 6.45) is 1.57. The van der Waals surface area contributed by atoms with Crippen molar-refractivity contribution >= 4 is 23.1 Å². The van der Waals surface area contributed by atoms with Crippen LogP contribution in [0.25, 0.3) is 0 Å². The number of rotatable bonds is 4. The molecule has 88 valence electrons. The molecule has 1 aromatic heterocycles. The highest BCUT2D eigenvalue weighted by atomic mass is 32.1. The number of nitrogens with zero attached hydrogens (tertiary/aromatic N) is 2. The third-order valence-electron chi connectivity index (χ3n) is 2.31. The van der Waals surface area contributed by atoms with E-state index in [1.54, 1.807) is 19.3 Å². The molecule has 1 aromatic rings. The first-order chi connectivity index (χ1) is 7.43. The van der Waals surface area contributed by atoms with Gasteiger partial charge in [0.25, 0.3) is 5.91 Å². The van der Waals surface area contributed by atoms with E-state index in [2.05, 4.69) is 10.4 Å². The highest BCUT2D eigenvalue weighted by Crippen LogP contribution is 2.04. The second kappa shape index (κ2) is 5.07. The van der Waals surface area contributed by atoms with Crippen LogP contribution in [0, 0.1) is 5.92 Å². The molecule has 1 amide bonds. The number of thiocarbonyl (C=S) groups is 1. The van der Waals surface area contributed by atoms with Gasteiger partial charge >= 0.3 is 0 Å². The van der Waals surface area contributed by atoms with Crippen LogP contribution in [0.3, 0.4) is 0 Å². The Hall–Kier alpha value is -1.43. The molecule has 0 saturated carbocycles. The maximum absolute atomic E-state index is 11.9. The van der Waals surface area contributed by atoms with Crippen molar-refractivity contribution in [3.8, 4) is 0 Å². The smallest absolute Gasteiger partial charge is 0.270 e.